The first-order valence-electron chi connectivity index (χ1n) is 10.5. The highest BCUT2D eigenvalue weighted by atomic mass is 16.6. The molecule has 4 rings (SSSR count). The fraction of sp³-hybridized carbons (Fsp3) is 0.200. The summed E-state index contributed by atoms with van der Waals surface area (Å²) in [6.07, 6.45) is 0.519. The van der Waals surface area contributed by atoms with E-state index in [2.05, 4.69) is 5.10 Å². The van der Waals surface area contributed by atoms with E-state index in [0.717, 1.165) is 16.8 Å². The Balaban J connectivity index is 1.58. The number of hydrazone groups is 1. The molecule has 1 amide bonds. The van der Waals surface area contributed by atoms with Gasteiger partial charge in [-0.1, -0.05) is 42.5 Å². The van der Waals surface area contributed by atoms with Gasteiger partial charge in [-0.2, -0.15) is 5.10 Å². The monoisotopic (exact) mass is 461 g/mol. The molecule has 0 saturated carbocycles. The van der Waals surface area contributed by atoms with Crippen molar-refractivity contribution in [1.82, 2.24) is 5.01 Å². The zero-order valence-electron chi connectivity index (χ0n) is 18.7. The molecule has 9 nitrogen and oxygen atoms in total. The summed E-state index contributed by atoms with van der Waals surface area (Å²) in [6.45, 7) is -0.411. The van der Waals surface area contributed by atoms with Gasteiger partial charge in [0.2, 0.25) is 0 Å². The van der Waals surface area contributed by atoms with Crippen LogP contribution in [-0.4, -0.2) is 42.4 Å². The molecule has 0 aromatic heterocycles. The van der Waals surface area contributed by atoms with Crippen LogP contribution in [0, 0.1) is 10.1 Å². The second kappa shape index (κ2) is 10.0. The number of benzene rings is 3. The van der Waals surface area contributed by atoms with Crippen molar-refractivity contribution >= 4 is 17.3 Å². The predicted octanol–water partition coefficient (Wildman–Crippen LogP) is 4.37. The van der Waals surface area contributed by atoms with Crippen LogP contribution in [0.5, 0.6) is 17.2 Å². The Kier molecular flexibility index (Phi) is 6.72. The first-order chi connectivity index (χ1) is 16.5. The van der Waals surface area contributed by atoms with Gasteiger partial charge in [0.15, 0.2) is 12.4 Å². The number of hydrogen-bond donors (Lipinski definition) is 0. The molecule has 3 aromatic carbocycles. The Bertz CT molecular complexity index is 1210. The molecule has 0 N–H and O–H groups in total. The third kappa shape index (κ3) is 4.83. The first-order valence-corrected chi connectivity index (χ1v) is 10.5. The molecular weight excluding hydrogens is 438 g/mol. The lowest BCUT2D eigenvalue weighted by Crippen LogP contribution is -2.31. The van der Waals surface area contributed by atoms with Gasteiger partial charge in [-0.25, -0.2) is 5.01 Å². The lowest BCUT2D eigenvalue weighted by Gasteiger charge is -2.22. The average molecular weight is 461 g/mol. The number of hydrogen-bond acceptors (Lipinski definition) is 7. The molecule has 1 aliphatic rings. The van der Waals surface area contributed by atoms with Crippen LogP contribution < -0.4 is 14.2 Å². The van der Waals surface area contributed by atoms with Gasteiger partial charge in [0, 0.05) is 6.42 Å². The Morgan fingerprint density at radius 2 is 1.71 bits per heavy atom. The van der Waals surface area contributed by atoms with E-state index in [4.69, 9.17) is 14.2 Å². The Morgan fingerprint density at radius 1 is 1.03 bits per heavy atom. The van der Waals surface area contributed by atoms with Crippen molar-refractivity contribution in [1.29, 1.82) is 0 Å². The number of nitro groups is 1. The molecule has 174 valence electrons. The Hall–Kier alpha value is -4.40. The van der Waals surface area contributed by atoms with E-state index in [1.165, 1.54) is 30.3 Å². The molecule has 34 heavy (non-hydrogen) atoms. The summed E-state index contributed by atoms with van der Waals surface area (Å²) >= 11 is 0. The van der Waals surface area contributed by atoms with Crippen molar-refractivity contribution in [3.05, 3.63) is 94.0 Å². The van der Waals surface area contributed by atoms with Crippen LogP contribution in [-0.2, 0) is 4.79 Å². The molecule has 0 fully saturated rings. The third-order valence-electron chi connectivity index (χ3n) is 5.49. The lowest BCUT2D eigenvalue weighted by atomic mass is 9.98. The number of rotatable bonds is 8. The number of ether oxygens (including phenoxy) is 3. The molecule has 1 atom stereocenters. The van der Waals surface area contributed by atoms with Crippen molar-refractivity contribution in [2.75, 3.05) is 20.8 Å². The SMILES string of the molecule is COc1ccc(C2CC(c3ccccc3)=NN2C(=O)COc2ccc(OC)cc2[N+](=O)[O-])cc1. The highest BCUT2D eigenvalue weighted by molar-refractivity contribution is 6.03. The molecule has 9 heteroatoms. The van der Waals surface area contributed by atoms with Crippen LogP contribution in [0.4, 0.5) is 5.69 Å². The molecule has 1 unspecified atom stereocenters. The van der Waals surface area contributed by atoms with Gasteiger partial charge in [-0.3, -0.25) is 14.9 Å². The Labute approximate surface area is 196 Å². The molecule has 3 aromatic rings. The van der Waals surface area contributed by atoms with E-state index in [1.807, 2.05) is 54.6 Å². The summed E-state index contributed by atoms with van der Waals surface area (Å²) in [5.74, 6) is 0.587. The summed E-state index contributed by atoms with van der Waals surface area (Å²) in [5, 5.41) is 17.4. The molecular formula is C25H23N3O6. The second-order valence-corrected chi connectivity index (χ2v) is 7.52. The van der Waals surface area contributed by atoms with Crippen molar-refractivity contribution in [3.8, 4) is 17.2 Å². The summed E-state index contributed by atoms with van der Waals surface area (Å²) in [4.78, 5) is 24.0. The summed E-state index contributed by atoms with van der Waals surface area (Å²) in [5.41, 5.74) is 2.29. The minimum Gasteiger partial charge on any atom is -0.497 e. The smallest absolute Gasteiger partial charge is 0.314 e. The minimum absolute atomic E-state index is 0.0217. The van der Waals surface area contributed by atoms with Crippen molar-refractivity contribution in [3.63, 3.8) is 0 Å². The minimum atomic E-state index is -0.579. The molecule has 1 aliphatic heterocycles. The molecule has 0 aliphatic carbocycles. The predicted molar refractivity (Wildman–Crippen MR) is 125 cm³/mol. The molecule has 0 spiro atoms. The third-order valence-corrected chi connectivity index (χ3v) is 5.49. The fourth-order valence-corrected chi connectivity index (χ4v) is 3.73. The van der Waals surface area contributed by atoms with Gasteiger partial charge in [0.1, 0.15) is 11.5 Å². The zero-order valence-corrected chi connectivity index (χ0v) is 18.7. The van der Waals surface area contributed by atoms with Gasteiger partial charge >= 0.3 is 5.69 Å². The highest BCUT2D eigenvalue weighted by Gasteiger charge is 2.33. The second-order valence-electron chi connectivity index (χ2n) is 7.52. The Morgan fingerprint density at radius 3 is 2.35 bits per heavy atom. The van der Waals surface area contributed by atoms with E-state index < -0.39 is 17.4 Å². The van der Waals surface area contributed by atoms with Crippen molar-refractivity contribution in [2.24, 2.45) is 5.10 Å². The topological polar surface area (TPSA) is 104 Å². The molecule has 1 heterocycles. The van der Waals surface area contributed by atoms with Crippen LogP contribution in [0.1, 0.15) is 23.6 Å². The van der Waals surface area contributed by atoms with Crippen LogP contribution >= 0.6 is 0 Å². The van der Waals surface area contributed by atoms with Gasteiger partial charge in [0.05, 0.1) is 37.0 Å². The van der Waals surface area contributed by atoms with E-state index in [0.29, 0.717) is 17.9 Å². The number of amides is 1. The summed E-state index contributed by atoms with van der Waals surface area (Å²) in [6, 6.07) is 20.9. The maximum atomic E-state index is 13.2. The van der Waals surface area contributed by atoms with Crippen LogP contribution in [0.15, 0.2) is 77.9 Å². The van der Waals surface area contributed by atoms with E-state index in [1.54, 1.807) is 7.11 Å². The van der Waals surface area contributed by atoms with Crippen molar-refractivity contribution in [2.45, 2.75) is 12.5 Å². The average Bonchev–Trinajstić information content (AvgIpc) is 3.33. The van der Waals surface area contributed by atoms with E-state index >= 15 is 0 Å². The zero-order chi connectivity index (χ0) is 24.1. The van der Waals surface area contributed by atoms with Crippen LogP contribution in [0.3, 0.4) is 0 Å². The highest BCUT2D eigenvalue weighted by Crippen LogP contribution is 2.35. The van der Waals surface area contributed by atoms with Gasteiger partial charge < -0.3 is 14.2 Å². The number of carbonyl (C=O) groups is 1. The largest absolute Gasteiger partial charge is 0.497 e. The van der Waals surface area contributed by atoms with Gasteiger partial charge in [0.25, 0.3) is 5.91 Å². The number of carbonyl (C=O) groups excluding carboxylic acids is 1. The quantitative estimate of drug-likeness (QED) is 0.365. The normalized spacial score (nSPS) is 14.9. The van der Waals surface area contributed by atoms with E-state index in [-0.39, 0.29) is 17.5 Å². The fourth-order valence-electron chi connectivity index (χ4n) is 3.73. The maximum absolute atomic E-state index is 13.2. The lowest BCUT2D eigenvalue weighted by molar-refractivity contribution is -0.385. The number of nitrogens with zero attached hydrogens (tertiary/aromatic N) is 3. The van der Waals surface area contributed by atoms with Crippen LogP contribution in [0.2, 0.25) is 0 Å². The summed E-state index contributed by atoms with van der Waals surface area (Å²) < 4.78 is 15.8. The molecule has 0 radical (unpaired) electrons. The van der Waals surface area contributed by atoms with Gasteiger partial charge in [-0.05, 0) is 35.4 Å². The van der Waals surface area contributed by atoms with Crippen molar-refractivity contribution < 1.29 is 23.9 Å². The standard InChI is InChI=1S/C25H23N3O6/c1-32-19-10-8-18(9-11-19)22-15-21(17-6-4-3-5-7-17)26-27(22)25(29)16-34-24-13-12-20(33-2)14-23(24)28(30)31/h3-14,22H,15-16H2,1-2H3. The molecule has 0 saturated heterocycles. The molecule has 0 bridgehead atoms. The number of nitro benzene ring substituents is 1. The van der Waals surface area contributed by atoms with Crippen LogP contribution in [0.25, 0.3) is 0 Å². The maximum Gasteiger partial charge on any atom is 0.314 e. The number of methoxy groups -OCH3 is 2. The first kappa shape index (κ1) is 22.8. The van der Waals surface area contributed by atoms with E-state index in [9.17, 15) is 14.9 Å². The van der Waals surface area contributed by atoms with Gasteiger partial charge in [-0.15, -0.1) is 0 Å². The summed E-state index contributed by atoms with van der Waals surface area (Å²) in [7, 11) is 3.00.